The number of rotatable bonds is 3. The maximum Gasteiger partial charge on any atom is 0.258 e. The third kappa shape index (κ3) is 2.85. The molecule has 0 aliphatic rings. The number of hydrogen-bond donors (Lipinski definition) is 1. The van der Waals surface area contributed by atoms with Crippen molar-refractivity contribution in [3.8, 4) is 11.5 Å². The number of hydrogen-bond acceptors (Lipinski definition) is 5. The number of nitrogens with one attached hydrogen (secondary N) is 1. The van der Waals surface area contributed by atoms with E-state index in [1.807, 2.05) is 6.07 Å². The first-order valence-corrected chi connectivity index (χ1v) is 7.83. The van der Waals surface area contributed by atoms with Crippen LogP contribution in [0.2, 0.25) is 5.15 Å². The fourth-order valence-corrected chi connectivity index (χ4v) is 2.68. The van der Waals surface area contributed by atoms with E-state index in [9.17, 15) is 4.79 Å². The molecule has 124 valence electrons. The van der Waals surface area contributed by atoms with Crippen LogP contribution in [0.4, 0.5) is 5.69 Å². The van der Waals surface area contributed by atoms with Crippen LogP contribution in [0.3, 0.4) is 0 Å². The van der Waals surface area contributed by atoms with Crippen molar-refractivity contribution < 1.29 is 9.32 Å². The van der Waals surface area contributed by atoms with Gasteiger partial charge in [0.2, 0.25) is 0 Å². The van der Waals surface area contributed by atoms with E-state index in [-0.39, 0.29) is 5.91 Å². The summed E-state index contributed by atoms with van der Waals surface area (Å²) in [4.78, 5) is 21.0. The Balaban J connectivity index is 1.68. The Kier molecular flexibility index (Phi) is 3.70. The molecule has 1 aromatic carbocycles. The fourth-order valence-electron chi connectivity index (χ4n) is 2.50. The van der Waals surface area contributed by atoms with Crippen molar-refractivity contribution in [1.29, 1.82) is 0 Å². The average Bonchev–Trinajstić information content (AvgIpc) is 3.21. The van der Waals surface area contributed by atoms with Crippen LogP contribution in [-0.4, -0.2) is 25.4 Å². The number of carbonyl (C=O) groups is 1. The molecule has 0 saturated heterocycles. The van der Waals surface area contributed by atoms with Crippen molar-refractivity contribution in [1.82, 2.24) is 19.5 Å². The van der Waals surface area contributed by atoms with E-state index in [2.05, 4.69) is 20.4 Å². The molecule has 8 heteroatoms. The monoisotopic (exact) mass is 353 g/mol. The van der Waals surface area contributed by atoms with Crippen LogP contribution in [-0.2, 0) is 0 Å². The number of anilines is 1. The predicted octanol–water partition coefficient (Wildman–Crippen LogP) is 3.60. The number of fused-ring (bicyclic) bond motifs is 1. The minimum absolute atomic E-state index is 0.290. The molecule has 0 aliphatic carbocycles. The van der Waals surface area contributed by atoms with Crippen LogP contribution in [0.25, 0.3) is 17.1 Å². The van der Waals surface area contributed by atoms with Gasteiger partial charge in [0.1, 0.15) is 10.8 Å². The highest BCUT2D eigenvalue weighted by molar-refractivity contribution is 6.29. The van der Waals surface area contributed by atoms with Crippen LogP contribution in [0.1, 0.15) is 16.2 Å². The van der Waals surface area contributed by atoms with Gasteiger partial charge in [0.25, 0.3) is 11.8 Å². The van der Waals surface area contributed by atoms with Crippen molar-refractivity contribution >= 4 is 28.8 Å². The Morgan fingerprint density at radius 2 is 2.08 bits per heavy atom. The summed E-state index contributed by atoms with van der Waals surface area (Å²) in [6, 6.07) is 10.6. The van der Waals surface area contributed by atoms with Gasteiger partial charge in [0, 0.05) is 6.20 Å². The highest BCUT2D eigenvalue weighted by atomic mass is 35.5. The quantitative estimate of drug-likeness (QED) is 0.608. The van der Waals surface area contributed by atoms with Gasteiger partial charge in [-0.3, -0.25) is 9.20 Å². The van der Waals surface area contributed by atoms with Gasteiger partial charge in [0.05, 0.1) is 23.0 Å². The molecule has 0 fully saturated rings. The molecule has 0 spiro atoms. The number of amides is 1. The highest BCUT2D eigenvalue weighted by Gasteiger charge is 2.17. The van der Waals surface area contributed by atoms with Crippen LogP contribution >= 0.6 is 11.6 Å². The van der Waals surface area contributed by atoms with Gasteiger partial charge in [-0.05, 0) is 31.2 Å². The number of benzene rings is 1. The normalized spacial score (nSPS) is 11.0. The molecule has 0 bridgehead atoms. The van der Waals surface area contributed by atoms with Gasteiger partial charge >= 0.3 is 0 Å². The lowest BCUT2D eigenvalue weighted by Gasteiger charge is -2.08. The third-order valence-electron chi connectivity index (χ3n) is 3.65. The SMILES string of the molecule is Cc1noc(-c2ccccc2C(=O)Nc2ccc3ncc(Cl)n3c2)n1. The van der Waals surface area contributed by atoms with Crippen LogP contribution in [0.15, 0.2) is 53.3 Å². The van der Waals surface area contributed by atoms with Gasteiger partial charge < -0.3 is 9.84 Å². The van der Waals surface area contributed by atoms with Crippen molar-refractivity contribution in [2.24, 2.45) is 0 Å². The van der Waals surface area contributed by atoms with Crippen LogP contribution < -0.4 is 5.32 Å². The second-order valence-corrected chi connectivity index (χ2v) is 5.76. The Bertz CT molecular complexity index is 1090. The number of halogens is 1. The average molecular weight is 354 g/mol. The van der Waals surface area contributed by atoms with E-state index in [0.717, 1.165) is 0 Å². The topological polar surface area (TPSA) is 85.3 Å². The predicted molar refractivity (Wildman–Crippen MR) is 92.6 cm³/mol. The number of pyridine rings is 1. The first kappa shape index (κ1) is 15.3. The summed E-state index contributed by atoms with van der Waals surface area (Å²) < 4.78 is 6.87. The molecule has 7 nitrogen and oxygen atoms in total. The Labute approximate surface area is 147 Å². The summed E-state index contributed by atoms with van der Waals surface area (Å²) in [5, 5.41) is 7.09. The molecule has 4 aromatic rings. The number of aryl methyl sites for hydroxylation is 1. The summed E-state index contributed by atoms with van der Waals surface area (Å²) in [5.74, 6) is 0.517. The first-order chi connectivity index (χ1) is 12.1. The molecule has 0 aliphatic heterocycles. The van der Waals surface area contributed by atoms with Crippen LogP contribution in [0.5, 0.6) is 0 Å². The molecule has 0 saturated carbocycles. The van der Waals surface area contributed by atoms with E-state index in [0.29, 0.717) is 39.3 Å². The molecule has 3 heterocycles. The molecule has 3 aromatic heterocycles. The minimum Gasteiger partial charge on any atom is -0.334 e. The fraction of sp³-hybridized carbons (Fsp3) is 0.0588. The lowest BCUT2D eigenvalue weighted by Crippen LogP contribution is -2.13. The third-order valence-corrected chi connectivity index (χ3v) is 3.93. The molecule has 0 atom stereocenters. The van der Waals surface area contributed by atoms with Crippen molar-refractivity contribution in [2.45, 2.75) is 6.92 Å². The zero-order valence-corrected chi connectivity index (χ0v) is 13.9. The summed E-state index contributed by atoms with van der Waals surface area (Å²) in [5.41, 5.74) is 2.30. The number of aromatic nitrogens is 4. The standard InChI is InChI=1S/C17H12ClN5O2/c1-10-20-17(25-22-10)13-5-3-2-4-12(13)16(24)21-11-6-7-15-19-8-14(18)23(15)9-11/h2-9H,1H3,(H,21,24). The Hall–Kier alpha value is -3.19. The smallest absolute Gasteiger partial charge is 0.258 e. The summed E-state index contributed by atoms with van der Waals surface area (Å²) >= 11 is 6.07. The largest absolute Gasteiger partial charge is 0.334 e. The zero-order valence-electron chi connectivity index (χ0n) is 13.1. The summed E-state index contributed by atoms with van der Waals surface area (Å²) in [6.45, 7) is 1.72. The number of nitrogens with zero attached hydrogens (tertiary/aromatic N) is 4. The maximum absolute atomic E-state index is 12.7. The molecular formula is C17H12ClN5O2. The van der Waals surface area contributed by atoms with Crippen molar-refractivity contribution in [3.05, 3.63) is 65.3 Å². The zero-order chi connectivity index (χ0) is 17.4. The van der Waals surface area contributed by atoms with Gasteiger partial charge in [-0.2, -0.15) is 4.98 Å². The molecular weight excluding hydrogens is 342 g/mol. The number of imidazole rings is 1. The van der Waals surface area contributed by atoms with Gasteiger partial charge in [-0.25, -0.2) is 4.98 Å². The van der Waals surface area contributed by atoms with E-state index in [4.69, 9.17) is 16.1 Å². The van der Waals surface area contributed by atoms with Gasteiger partial charge in [-0.1, -0.05) is 28.9 Å². The highest BCUT2D eigenvalue weighted by Crippen LogP contribution is 2.23. The Morgan fingerprint density at radius 1 is 1.24 bits per heavy atom. The molecule has 1 amide bonds. The lowest BCUT2D eigenvalue weighted by molar-refractivity contribution is 0.102. The molecule has 0 unspecified atom stereocenters. The first-order valence-electron chi connectivity index (χ1n) is 7.45. The van der Waals surface area contributed by atoms with E-state index in [1.54, 1.807) is 54.0 Å². The molecule has 1 N–H and O–H groups in total. The van der Waals surface area contributed by atoms with Crippen LogP contribution in [0, 0.1) is 6.92 Å². The van der Waals surface area contributed by atoms with E-state index < -0.39 is 0 Å². The van der Waals surface area contributed by atoms with E-state index in [1.165, 1.54) is 0 Å². The Morgan fingerprint density at radius 3 is 2.88 bits per heavy atom. The minimum atomic E-state index is -0.290. The summed E-state index contributed by atoms with van der Waals surface area (Å²) in [6.07, 6.45) is 3.26. The molecule has 0 radical (unpaired) electrons. The number of carbonyl (C=O) groups excluding carboxylic acids is 1. The molecule has 25 heavy (non-hydrogen) atoms. The van der Waals surface area contributed by atoms with Gasteiger partial charge in [-0.15, -0.1) is 0 Å². The second-order valence-electron chi connectivity index (χ2n) is 5.37. The van der Waals surface area contributed by atoms with Crippen molar-refractivity contribution in [3.63, 3.8) is 0 Å². The lowest BCUT2D eigenvalue weighted by atomic mass is 10.1. The maximum atomic E-state index is 12.7. The summed E-state index contributed by atoms with van der Waals surface area (Å²) in [7, 11) is 0. The van der Waals surface area contributed by atoms with E-state index >= 15 is 0 Å². The van der Waals surface area contributed by atoms with Crippen molar-refractivity contribution in [2.75, 3.05) is 5.32 Å². The van der Waals surface area contributed by atoms with Gasteiger partial charge in [0.15, 0.2) is 5.82 Å². The second kappa shape index (κ2) is 6.03. The molecule has 4 rings (SSSR count).